The number of carbonyl (C=O) groups is 2. The fourth-order valence-electron chi connectivity index (χ4n) is 3.45. The Bertz CT molecular complexity index is 1020. The molecule has 168 valence electrons. The van der Waals surface area contributed by atoms with Crippen LogP contribution in [-0.2, 0) is 17.8 Å². The van der Waals surface area contributed by atoms with Crippen molar-refractivity contribution in [2.45, 2.75) is 25.9 Å². The molecule has 0 aliphatic heterocycles. The summed E-state index contributed by atoms with van der Waals surface area (Å²) in [5.41, 5.74) is 1.90. The van der Waals surface area contributed by atoms with Crippen molar-refractivity contribution in [1.82, 2.24) is 10.2 Å². The molecule has 3 rings (SSSR count). The Kier molecular flexibility index (Phi) is 8.27. The van der Waals surface area contributed by atoms with Crippen LogP contribution in [0.15, 0.2) is 66.0 Å². The van der Waals surface area contributed by atoms with Gasteiger partial charge in [0.25, 0.3) is 5.91 Å². The molecule has 0 aliphatic carbocycles. The zero-order valence-electron chi connectivity index (χ0n) is 18.5. The molecular formula is C25H28N2O4S. The van der Waals surface area contributed by atoms with Gasteiger partial charge in [-0.25, -0.2) is 0 Å². The molecule has 0 saturated heterocycles. The van der Waals surface area contributed by atoms with Gasteiger partial charge in [-0.1, -0.05) is 42.5 Å². The number of amides is 2. The van der Waals surface area contributed by atoms with E-state index < -0.39 is 6.04 Å². The lowest BCUT2D eigenvalue weighted by Crippen LogP contribution is -2.49. The van der Waals surface area contributed by atoms with E-state index in [4.69, 9.17) is 9.47 Å². The third-order valence-corrected chi connectivity index (χ3v) is 6.01. The van der Waals surface area contributed by atoms with Crippen molar-refractivity contribution in [2.75, 3.05) is 20.8 Å². The van der Waals surface area contributed by atoms with E-state index >= 15 is 0 Å². The average Bonchev–Trinajstić information content (AvgIpc) is 3.37. The first-order valence-electron chi connectivity index (χ1n) is 10.4. The Hall–Kier alpha value is -3.32. The summed E-state index contributed by atoms with van der Waals surface area (Å²) in [7, 11) is 3.17. The van der Waals surface area contributed by atoms with Gasteiger partial charge in [-0.2, -0.15) is 0 Å². The Labute approximate surface area is 192 Å². The first kappa shape index (κ1) is 23.3. The summed E-state index contributed by atoms with van der Waals surface area (Å²) in [5, 5.41) is 4.79. The van der Waals surface area contributed by atoms with E-state index in [1.54, 1.807) is 25.2 Å². The summed E-state index contributed by atoms with van der Waals surface area (Å²) < 4.78 is 10.7. The van der Waals surface area contributed by atoms with Gasteiger partial charge < -0.3 is 19.7 Å². The molecule has 1 N–H and O–H groups in total. The highest BCUT2D eigenvalue weighted by molar-refractivity contribution is 7.12. The van der Waals surface area contributed by atoms with Crippen molar-refractivity contribution >= 4 is 23.2 Å². The first-order valence-corrected chi connectivity index (χ1v) is 11.3. The molecule has 1 aromatic heterocycles. The fraction of sp³-hybridized carbons (Fsp3) is 0.280. The van der Waals surface area contributed by atoms with E-state index in [0.717, 1.165) is 11.1 Å². The molecule has 0 fully saturated rings. The predicted octanol–water partition coefficient (Wildman–Crippen LogP) is 4.16. The van der Waals surface area contributed by atoms with E-state index in [-0.39, 0.29) is 11.8 Å². The molecule has 32 heavy (non-hydrogen) atoms. The zero-order chi connectivity index (χ0) is 22.9. The summed E-state index contributed by atoms with van der Waals surface area (Å²) in [5.74, 6) is 0.878. The molecule has 6 nitrogen and oxygen atoms in total. The monoisotopic (exact) mass is 452 g/mol. The molecule has 0 aliphatic rings. The van der Waals surface area contributed by atoms with Crippen LogP contribution >= 0.6 is 11.3 Å². The van der Waals surface area contributed by atoms with Gasteiger partial charge in [0, 0.05) is 19.5 Å². The second-order valence-electron chi connectivity index (χ2n) is 7.23. The smallest absolute Gasteiger partial charge is 0.262 e. The van der Waals surface area contributed by atoms with Gasteiger partial charge in [0.05, 0.1) is 19.1 Å². The quantitative estimate of drug-likeness (QED) is 0.502. The molecule has 1 heterocycles. The SMILES string of the molecule is CCN(Cc1ccc(OC)c(OC)c1)C(=O)C(Cc1ccccc1)NC(=O)c1cccs1. The maximum absolute atomic E-state index is 13.5. The van der Waals surface area contributed by atoms with Crippen LogP contribution in [0, 0.1) is 0 Å². The minimum atomic E-state index is -0.674. The minimum absolute atomic E-state index is 0.129. The van der Waals surface area contributed by atoms with E-state index in [2.05, 4.69) is 5.32 Å². The normalized spacial score (nSPS) is 11.5. The molecule has 2 amide bonds. The number of hydrogen-bond acceptors (Lipinski definition) is 5. The predicted molar refractivity (Wildman–Crippen MR) is 126 cm³/mol. The van der Waals surface area contributed by atoms with E-state index in [0.29, 0.717) is 35.9 Å². The molecule has 0 spiro atoms. The summed E-state index contributed by atoms with van der Waals surface area (Å²) in [6.07, 6.45) is 0.416. The number of thiophene rings is 1. The van der Waals surface area contributed by atoms with Crippen LogP contribution in [0.5, 0.6) is 11.5 Å². The highest BCUT2D eigenvalue weighted by Gasteiger charge is 2.26. The molecule has 3 aromatic rings. The van der Waals surface area contributed by atoms with Crippen LogP contribution in [-0.4, -0.2) is 43.5 Å². The lowest BCUT2D eigenvalue weighted by molar-refractivity contribution is -0.133. The van der Waals surface area contributed by atoms with Crippen LogP contribution < -0.4 is 14.8 Å². The number of benzene rings is 2. The summed E-state index contributed by atoms with van der Waals surface area (Å²) >= 11 is 1.35. The highest BCUT2D eigenvalue weighted by Crippen LogP contribution is 2.28. The van der Waals surface area contributed by atoms with Gasteiger partial charge in [0.2, 0.25) is 5.91 Å². The summed E-state index contributed by atoms with van der Waals surface area (Å²) in [6.45, 7) is 2.84. The van der Waals surface area contributed by atoms with E-state index in [1.165, 1.54) is 11.3 Å². The Balaban J connectivity index is 1.81. The lowest BCUT2D eigenvalue weighted by atomic mass is 10.0. The second kappa shape index (κ2) is 11.3. The fourth-order valence-corrected chi connectivity index (χ4v) is 4.08. The topological polar surface area (TPSA) is 67.9 Å². The molecule has 0 bridgehead atoms. The molecule has 1 unspecified atom stereocenters. The number of rotatable bonds is 10. The number of methoxy groups -OCH3 is 2. The Morgan fingerprint density at radius 1 is 0.969 bits per heavy atom. The van der Waals surface area contributed by atoms with Crippen molar-refractivity contribution in [3.63, 3.8) is 0 Å². The number of hydrogen-bond donors (Lipinski definition) is 1. The maximum Gasteiger partial charge on any atom is 0.262 e. The highest BCUT2D eigenvalue weighted by atomic mass is 32.1. The molecular weight excluding hydrogens is 424 g/mol. The Morgan fingerprint density at radius 2 is 1.72 bits per heavy atom. The number of nitrogens with one attached hydrogen (secondary N) is 1. The van der Waals surface area contributed by atoms with Gasteiger partial charge >= 0.3 is 0 Å². The van der Waals surface area contributed by atoms with Crippen LogP contribution in [0.1, 0.15) is 27.7 Å². The van der Waals surface area contributed by atoms with Crippen molar-refractivity contribution in [2.24, 2.45) is 0 Å². The number of likely N-dealkylation sites (N-methyl/N-ethyl adjacent to an activating group) is 1. The van der Waals surface area contributed by atoms with Crippen LogP contribution in [0.25, 0.3) is 0 Å². The van der Waals surface area contributed by atoms with E-state index in [1.807, 2.05) is 66.9 Å². The van der Waals surface area contributed by atoms with Gasteiger partial charge in [-0.15, -0.1) is 11.3 Å². The van der Waals surface area contributed by atoms with Crippen molar-refractivity contribution in [1.29, 1.82) is 0 Å². The number of ether oxygens (including phenoxy) is 2. The summed E-state index contributed by atoms with van der Waals surface area (Å²) in [4.78, 5) is 28.6. The molecule has 0 saturated carbocycles. The van der Waals surface area contributed by atoms with Gasteiger partial charge in [0.1, 0.15) is 6.04 Å². The average molecular weight is 453 g/mol. The van der Waals surface area contributed by atoms with Gasteiger partial charge in [0.15, 0.2) is 11.5 Å². The van der Waals surface area contributed by atoms with Crippen LogP contribution in [0.2, 0.25) is 0 Å². The van der Waals surface area contributed by atoms with Crippen molar-refractivity contribution in [3.8, 4) is 11.5 Å². The largest absolute Gasteiger partial charge is 0.493 e. The minimum Gasteiger partial charge on any atom is -0.493 e. The second-order valence-corrected chi connectivity index (χ2v) is 8.18. The third-order valence-electron chi connectivity index (χ3n) is 5.15. The molecule has 0 radical (unpaired) electrons. The Morgan fingerprint density at radius 3 is 2.34 bits per heavy atom. The lowest BCUT2D eigenvalue weighted by Gasteiger charge is -2.27. The first-order chi connectivity index (χ1) is 15.5. The zero-order valence-corrected chi connectivity index (χ0v) is 19.4. The standard InChI is InChI=1S/C25H28N2O4S/c1-4-27(17-19-12-13-21(30-2)22(16-19)31-3)25(29)20(15-18-9-6-5-7-10-18)26-24(28)23-11-8-14-32-23/h5-14,16,20H,4,15,17H2,1-3H3,(H,26,28). The van der Waals surface area contributed by atoms with Crippen molar-refractivity contribution < 1.29 is 19.1 Å². The third kappa shape index (κ3) is 5.88. The van der Waals surface area contributed by atoms with Gasteiger partial charge in [-0.05, 0) is 41.6 Å². The van der Waals surface area contributed by atoms with Crippen LogP contribution in [0.3, 0.4) is 0 Å². The van der Waals surface area contributed by atoms with Crippen LogP contribution in [0.4, 0.5) is 0 Å². The number of carbonyl (C=O) groups excluding carboxylic acids is 2. The van der Waals surface area contributed by atoms with E-state index in [9.17, 15) is 9.59 Å². The molecule has 7 heteroatoms. The summed E-state index contributed by atoms with van der Waals surface area (Å²) in [6, 6.07) is 18.2. The maximum atomic E-state index is 13.5. The molecule has 2 aromatic carbocycles. The number of nitrogens with zero attached hydrogens (tertiary/aromatic N) is 1. The van der Waals surface area contributed by atoms with Gasteiger partial charge in [-0.3, -0.25) is 9.59 Å². The van der Waals surface area contributed by atoms with Crippen molar-refractivity contribution in [3.05, 3.63) is 82.0 Å². The molecule has 1 atom stereocenters.